The summed E-state index contributed by atoms with van der Waals surface area (Å²) in [5.74, 6) is 0.104. The van der Waals surface area contributed by atoms with Crippen molar-refractivity contribution in [3.05, 3.63) is 28.2 Å². The number of nitrogens with one attached hydrogen (secondary N) is 2. The fourth-order valence-electron chi connectivity index (χ4n) is 1.84. The molecule has 1 aliphatic heterocycles. The molecule has 0 aliphatic carbocycles. The zero-order chi connectivity index (χ0) is 14.0. The molecule has 0 unspecified atom stereocenters. The molecule has 0 radical (unpaired) electrons. The van der Waals surface area contributed by atoms with E-state index in [4.69, 9.17) is 23.2 Å². The van der Waals surface area contributed by atoms with Gasteiger partial charge >= 0.3 is 6.03 Å². The van der Waals surface area contributed by atoms with Crippen LogP contribution in [0, 0.1) is 0 Å². The second-order valence-corrected chi connectivity index (χ2v) is 7.37. The van der Waals surface area contributed by atoms with Gasteiger partial charge < -0.3 is 10.6 Å². The number of urea groups is 1. The SMILES string of the molecule is O=C(Nc1ccc(Cl)c(Cl)c1)N[C@H]1CCS(=O)(=O)C1. The van der Waals surface area contributed by atoms with Crippen LogP contribution < -0.4 is 10.6 Å². The van der Waals surface area contributed by atoms with Crippen LogP contribution in [0.5, 0.6) is 0 Å². The summed E-state index contributed by atoms with van der Waals surface area (Å²) in [6.07, 6.45) is 0.442. The number of carbonyl (C=O) groups is 1. The summed E-state index contributed by atoms with van der Waals surface area (Å²) in [6, 6.07) is 3.90. The third kappa shape index (κ3) is 3.99. The third-order valence-corrected chi connectivity index (χ3v) is 5.25. The predicted octanol–water partition coefficient (Wildman–Crippen LogP) is 2.30. The number of anilines is 1. The van der Waals surface area contributed by atoms with Crippen LogP contribution in [0.4, 0.5) is 10.5 Å². The number of hydrogen-bond acceptors (Lipinski definition) is 3. The Morgan fingerprint density at radius 1 is 1.26 bits per heavy atom. The van der Waals surface area contributed by atoms with E-state index in [-0.39, 0.29) is 17.5 Å². The lowest BCUT2D eigenvalue weighted by atomic mass is 10.3. The largest absolute Gasteiger partial charge is 0.334 e. The van der Waals surface area contributed by atoms with Crippen LogP contribution in [-0.2, 0) is 9.84 Å². The Morgan fingerprint density at radius 2 is 2.00 bits per heavy atom. The van der Waals surface area contributed by atoms with Crippen molar-refractivity contribution in [3.63, 3.8) is 0 Å². The number of amides is 2. The molecular formula is C11H12Cl2N2O3S. The highest BCUT2D eigenvalue weighted by atomic mass is 35.5. The van der Waals surface area contributed by atoms with Gasteiger partial charge in [-0.2, -0.15) is 0 Å². The first-order valence-electron chi connectivity index (χ1n) is 5.59. The van der Waals surface area contributed by atoms with Gasteiger partial charge in [0.1, 0.15) is 0 Å². The van der Waals surface area contributed by atoms with E-state index in [0.717, 1.165) is 0 Å². The van der Waals surface area contributed by atoms with E-state index in [9.17, 15) is 13.2 Å². The highest BCUT2D eigenvalue weighted by molar-refractivity contribution is 7.91. The minimum atomic E-state index is -3.01. The highest BCUT2D eigenvalue weighted by Gasteiger charge is 2.28. The van der Waals surface area contributed by atoms with Gasteiger partial charge in [0.25, 0.3) is 0 Å². The molecule has 2 rings (SSSR count). The van der Waals surface area contributed by atoms with Crippen LogP contribution in [0.2, 0.25) is 10.0 Å². The quantitative estimate of drug-likeness (QED) is 0.877. The normalized spacial score (nSPS) is 21.1. The van der Waals surface area contributed by atoms with E-state index >= 15 is 0 Å². The second-order valence-electron chi connectivity index (χ2n) is 4.33. The lowest BCUT2D eigenvalue weighted by Crippen LogP contribution is -2.38. The molecule has 2 N–H and O–H groups in total. The number of hydrogen-bond donors (Lipinski definition) is 2. The maximum Gasteiger partial charge on any atom is 0.319 e. The van der Waals surface area contributed by atoms with Crippen LogP contribution in [-0.4, -0.2) is 32.0 Å². The van der Waals surface area contributed by atoms with Crippen LogP contribution >= 0.6 is 23.2 Å². The Kier molecular flexibility index (Phi) is 4.23. The Morgan fingerprint density at radius 3 is 2.58 bits per heavy atom. The van der Waals surface area contributed by atoms with Gasteiger partial charge in [-0.25, -0.2) is 13.2 Å². The molecule has 0 spiro atoms. The van der Waals surface area contributed by atoms with Crippen molar-refractivity contribution in [2.45, 2.75) is 12.5 Å². The maximum atomic E-state index is 11.7. The number of rotatable bonds is 2. The molecule has 1 aromatic rings. The van der Waals surface area contributed by atoms with E-state index in [2.05, 4.69) is 10.6 Å². The molecule has 104 valence electrons. The van der Waals surface area contributed by atoms with E-state index in [0.29, 0.717) is 22.2 Å². The first-order valence-corrected chi connectivity index (χ1v) is 8.16. The minimum absolute atomic E-state index is 0.0121. The van der Waals surface area contributed by atoms with Gasteiger partial charge in [-0.15, -0.1) is 0 Å². The standard InChI is InChI=1S/C11H12Cl2N2O3S/c12-9-2-1-7(5-10(9)13)14-11(16)15-8-3-4-19(17,18)6-8/h1-2,5,8H,3-4,6H2,(H2,14,15,16)/t8-/m0/s1. The molecule has 19 heavy (non-hydrogen) atoms. The minimum Gasteiger partial charge on any atom is -0.334 e. The fourth-order valence-corrected chi connectivity index (χ4v) is 3.81. The molecule has 2 amide bonds. The van der Waals surface area contributed by atoms with Crippen molar-refractivity contribution < 1.29 is 13.2 Å². The van der Waals surface area contributed by atoms with Gasteiger partial charge in [0, 0.05) is 11.7 Å². The van der Waals surface area contributed by atoms with Crippen molar-refractivity contribution in [2.75, 3.05) is 16.8 Å². The average molecular weight is 323 g/mol. The summed E-state index contributed by atoms with van der Waals surface area (Å²) in [5, 5.41) is 5.92. The summed E-state index contributed by atoms with van der Waals surface area (Å²) in [7, 11) is -3.01. The summed E-state index contributed by atoms with van der Waals surface area (Å²) < 4.78 is 22.5. The van der Waals surface area contributed by atoms with Crippen molar-refractivity contribution in [1.29, 1.82) is 0 Å². The van der Waals surface area contributed by atoms with Gasteiger partial charge in [-0.3, -0.25) is 0 Å². The topological polar surface area (TPSA) is 75.3 Å². The van der Waals surface area contributed by atoms with E-state index in [1.165, 1.54) is 6.07 Å². The van der Waals surface area contributed by atoms with E-state index in [1.54, 1.807) is 12.1 Å². The third-order valence-electron chi connectivity index (χ3n) is 2.75. The Hall–Kier alpha value is -0.980. The molecule has 0 bridgehead atoms. The fraction of sp³-hybridized carbons (Fsp3) is 0.364. The molecule has 1 heterocycles. The molecule has 1 saturated heterocycles. The first kappa shape index (κ1) is 14.4. The monoisotopic (exact) mass is 322 g/mol. The number of carbonyl (C=O) groups excluding carboxylic acids is 1. The van der Waals surface area contributed by atoms with Crippen molar-refractivity contribution in [3.8, 4) is 0 Å². The summed E-state index contributed by atoms with van der Waals surface area (Å²) in [6.45, 7) is 0. The highest BCUT2D eigenvalue weighted by Crippen LogP contribution is 2.25. The number of halogens is 2. The smallest absolute Gasteiger partial charge is 0.319 e. The molecule has 1 aliphatic rings. The van der Waals surface area contributed by atoms with Crippen molar-refractivity contribution in [2.24, 2.45) is 0 Å². The zero-order valence-electron chi connectivity index (χ0n) is 9.82. The molecule has 1 atom stereocenters. The summed E-state index contributed by atoms with van der Waals surface area (Å²) in [4.78, 5) is 11.7. The van der Waals surface area contributed by atoms with Crippen LogP contribution in [0.15, 0.2) is 18.2 Å². The van der Waals surface area contributed by atoms with Crippen LogP contribution in [0.25, 0.3) is 0 Å². The van der Waals surface area contributed by atoms with E-state index < -0.39 is 15.9 Å². The first-order chi connectivity index (χ1) is 8.85. The Balaban J connectivity index is 1.93. The van der Waals surface area contributed by atoms with Gasteiger partial charge in [-0.05, 0) is 24.6 Å². The van der Waals surface area contributed by atoms with E-state index in [1.807, 2.05) is 0 Å². The van der Waals surface area contributed by atoms with Gasteiger partial charge in [0.2, 0.25) is 0 Å². The number of benzene rings is 1. The maximum absolute atomic E-state index is 11.7. The molecule has 0 aromatic heterocycles. The summed E-state index contributed by atoms with van der Waals surface area (Å²) >= 11 is 11.6. The molecule has 1 fully saturated rings. The van der Waals surface area contributed by atoms with Crippen molar-refractivity contribution >= 4 is 44.8 Å². The van der Waals surface area contributed by atoms with Gasteiger partial charge in [0.15, 0.2) is 9.84 Å². The van der Waals surface area contributed by atoms with Crippen molar-refractivity contribution in [1.82, 2.24) is 5.32 Å². The predicted molar refractivity (Wildman–Crippen MR) is 75.7 cm³/mol. The average Bonchev–Trinajstić information content (AvgIpc) is 2.63. The molecule has 0 saturated carbocycles. The molecule has 1 aromatic carbocycles. The molecular weight excluding hydrogens is 311 g/mol. The van der Waals surface area contributed by atoms with Gasteiger partial charge in [0.05, 0.1) is 21.6 Å². The van der Waals surface area contributed by atoms with Gasteiger partial charge in [-0.1, -0.05) is 23.2 Å². The lowest BCUT2D eigenvalue weighted by Gasteiger charge is -2.12. The van der Waals surface area contributed by atoms with Crippen LogP contribution in [0.1, 0.15) is 6.42 Å². The second kappa shape index (κ2) is 5.56. The Bertz CT molecular complexity index is 604. The van der Waals surface area contributed by atoms with Crippen LogP contribution in [0.3, 0.4) is 0 Å². The number of sulfone groups is 1. The molecule has 8 heteroatoms. The lowest BCUT2D eigenvalue weighted by molar-refractivity contribution is 0.249. The summed E-state index contributed by atoms with van der Waals surface area (Å²) in [5.41, 5.74) is 0.493. The zero-order valence-corrected chi connectivity index (χ0v) is 12.1. The molecule has 5 nitrogen and oxygen atoms in total. The Labute approximate surface area is 121 Å².